The van der Waals surface area contributed by atoms with E-state index < -0.39 is 27.3 Å². The molecule has 126 valence electrons. The van der Waals surface area contributed by atoms with Gasteiger partial charge < -0.3 is 10.4 Å². The normalized spacial score (nSPS) is 21.1. The summed E-state index contributed by atoms with van der Waals surface area (Å²) in [4.78, 5) is 24.2. The molecule has 1 atom stereocenters. The average molecular weight is 357 g/mol. The van der Waals surface area contributed by atoms with Crippen molar-refractivity contribution in [1.82, 2.24) is 5.32 Å². The first kappa shape index (κ1) is 17.8. The van der Waals surface area contributed by atoms with Crippen molar-refractivity contribution in [1.29, 1.82) is 0 Å². The lowest BCUT2D eigenvalue weighted by Crippen LogP contribution is -2.54. The third kappa shape index (κ3) is 3.69. The molecule has 1 aliphatic rings. The lowest BCUT2D eigenvalue weighted by molar-refractivity contribution is -0.143. The summed E-state index contributed by atoms with van der Waals surface area (Å²) in [6.45, 7) is 1.85. The van der Waals surface area contributed by atoms with E-state index in [1.54, 1.807) is 6.07 Å². The topological polar surface area (TPSA) is 101 Å². The maximum atomic E-state index is 12.6. The van der Waals surface area contributed by atoms with Gasteiger partial charge in [0.25, 0.3) is 5.91 Å². The molecule has 1 heterocycles. The van der Waals surface area contributed by atoms with E-state index in [4.69, 9.17) is 0 Å². The monoisotopic (exact) mass is 357 g/mol. The Morgan fingerprint density at radius 1 is 1.39 bits per heavy atom. The Balaban J connectivity index is 2.40. The highest BCUT2D eigenvalue weighted by Gasteiger charge is 2.43. The third-order valence-electron chi connectivity index (χ3n) is 3.92. The number of carboxylic acid groups (broad SMARTS) is 1. The van der Waals surface area contributed by atoms with Crippen LogP contribution in [0, 0.1) is 0 Å². The Kier molecular flexibility index (Phi) is 5.05. The molecule has 1 aromatic rings. The van der Waals surface area contributed by atoms with Crippen molar-refractivity contribution in [2.75, 3.05) is 17.8 Å². The molecule has 0 spiro atoms. The van der Waals surface area contributed by atoms with Crippen molar-refractivity contribution in [3.05, 3.63) is 29.3 Å². The van der Waals surface area contributed by atoms with Gasteiger partial charge in [-0.3, -0.25) is 4.79 Å². The van der Waals surface area contributed by atoms with Crippen LogP contribution in [0.3, 0.4) is 0 Å². The van der Waals surface area contributed by atoms with E-state index in [1.807, 2.05) is 6.92 Å². The number of thioether (sulfide) groups is 1. The fourth-order valence-electron chi connectivity index (χ4n) is 2.48. The van der Waals surface area contributed by atoms with E-state index >= 15 is 0 Å². The number of hydrogen-bond acceptors (Lipinski definition) is 5. The van der Waals surface area contributed by atoms with E-state index in [0.717, 1.165) is 6.26 Å². The molecule has 1 saturated heterocycles. The minimum Gasteiger partial charge on any atom is -0.479 e. The fourth-order valence-corrected chi connectivity index (χ4v) is 4.45. The predicted octanol–water partition coefficient (Wildman–Crippen LogP) is 1.34. The second-order valence-corrected chi connectivity index (χ2v) is 8.71. The minimum atomic E-state index is -3.44. The van der Waals surface area contributed by atoms with Crippen molar-refractivity contribution in [3.8, 4) is 0 Å². The molecule has 23 heavy (non-hydrogen) atoms. The van der Waals surface area contributed by atoms with Crippen LogP contribution >= 0.6 is 11.8 Å². The van der Waals surface area contributed by atoms with Gasteiger partial charge in [0.15, 0.2) is 9.84 Å². The Bertz CT molecular complexity index is 736. The molecular weight excluding hydrogens is 338 g/mol. The van der Waals surface area contributed by atoms with Crippen LogP contribution in [0.1, 0.15) is 29.3 Å². The highest BCUT2D eigenvalue weighted by molar-refractivity contribution is 7.99. The molecular formula is C15H19NO5S2. The van der Waals surface area contributed by atoms with Crippen LogP contribution in [0.4, 0.5) is 0 Å². The summed E-state index contributed by atoms with van der Waals surface area (Å²) in [5.74, 6) is -0.636. The maximum absolute atomic E-state index is 12.6. The SMILES string of the molecule is CCc1ccc(S(C)(=O)=O)cc1C(=O)NC1(C(=O)O)CCSC1. The van der Waals surface area contributed by atoms with Crippen LogP contribution < -0.4 is 5.32 Å². The molecule has 0 radical (unpaired) electrons. The minimum absolute atomic E-state index is 0.0463. The van der Waals surface area contributed by atoms with Gasteiger partial charge in [0, 0.05) is 17.6 Å². The zero-order valence-electron chi connectivity index (χ0n) is 13.0. The molecule has 1 fully saturated rings. The number of aryl methyl sites for hydroxylation is 1. The molecule has 8 heteroatoms. The molecule has 1 amide bonds. The van der Waals surface area contributed by atoms with Crippen LogP contribution in [0.5, 0.6) is 0 Å². The second kappa shape index (κ2) is 6.52. The fraction of sp³-hybridized carbons (Fsp3) is 0.467. The van der Waals surface area contributed by atoms with E-state index in [0.29, 0.717) is 29.9 Å². The van der Waals surface area contributed by atoms with E-state index in [2.05, 4.69) is 5.32 Å². The standard InChI is InChI=1S/C15H19NO5S2/c1-3-10-4-5-11(23(2,20)21)8-12(10)13(17)16-15(14(18)19)6-7-22-9-15/h4-5,8H,3,6-7,9H2,1-2H3,(H,16,17)(H,18,19). The molecule has 1 aliphatic heterocycles. The largest absolute Gasteiger partial charge is 0.479 e. The van der Waals surface area contributed by atoms with Crippen LogP contribution in [0.25, 0.3) is 0 Å². The Labute approximate surface area is 139 Å². The number of nitrogens with one attached hydrogen (secondary N) is 1. The van der Waals surface area contributed by atoms with Gasteiger partial charge in [-0.1, -0.05) is 13.0 Å². The molecule has 0 aliphatic carbocycles. The number of carbonyl (C=O) groups excluding carboxylic acids is 1. The van der Waals surface area contributed by atoms with Crippen molar-refractivity contribution >= 4 is 33.5 Å². The van der Waals surface area contributed by atoms with Gasteiger partial charge in [-0.05, 0) is 36.3 Å². The van der Waals surface area contributed by atoms with Crippen LogP contribution in [-0.2, 0) is 21.1 Å². The Morgan fingerprint density at radius 3 is 2.57 bits per heavy atom. The van der Waals surface area contributed by atoms with Crippen LogP contribution in [0.15, 0.2) is 23.1 Å². The molecule has 0 aromatic heterocycles. The number of rotatable bonds is 5. The van der Waals surface area contributed by atoms with Crippen molar-refractivity contribution < 1.29 is 23.1 Å². The summed E-state index contributed by atoms with van der Waals surface area (Å²) < 4.78 is 23.4. The zero-order chi connectivity index (χ0) is 17.3. The van der Waals surface area contributed by atoms with Crippen molar-refractivity contribution in [3.63, 3.8) is 0 Å². The average Bonchev–Trinajstić information content (AvgIpc) is 2.95. The third-order valence-corrected chi connectivity index (χ3v) is 6.22. The Morgan fingerprint density at radius 2 is 2.09 bits per heavy atom. The first-order valence-corrected chi connectivity index (χ1v) is 10.2. The Hall–Kier alpha value is -1.54. The number of hydrogen-bond donors (Lipinski definition) is 2. The van der Waals surface area contributed by atoms with E-state index in [1.165, 1.54) is 23.9 Å². The molecule has 1 unspecified atom stereocenters. The first-order valence-electron chi connectivity index (χ1n) is 7.16. The summed E-state index contributed by atoms with van der Waals surface area (Å²) in [5, 5.41) is 12.1. The van der Waals surface area contributed by atoms with Gasteiger partial charge in [-0.25, -0.2) is 13.2 Å². The predicted molar refractivity (Wildman–Crippen MR) is 88.7 cm³/mol. The molecule has 2 N–H and O–H groups in total. The molecule has 6 nitrogen and oxygen atoms in total. The lowest BCUT2D eigenvalue weighted by atomic mass is 9.97. The second-order valence-electron chi connectivity index (χ2n) is 5.59. The summed E-state index contributed by atoms with van der Waals surface area (Å²) in [5.41, 5.74) is -0.387. The molecule has 2 rings (SSSR count). The van der Waals surface area contributed by atoms with Gasteiger partial charge in [0.1, 0.15) is 5.54 Å². The number of carboxylic acids is 1. The summed E-state index contributed by atoms with van der Waals surface area (Å²) in [6.07, 6.45) is 1.97. The number of sulfone groups is 1. The quantitative estimate of drug-likeness (QED) is 0.825. The van der Waals surface area contributed by atoms with Crippen molar-refractivity contribution in [2.45, 2.75) is 30.2 Å². The maximum Gasteiger partial charge on any atom is 0.330 e. The number of carbonyl (C=O) groups is 2. The smallest absolute Gasteiger partial charge is 0.330 e. The van der Waals surface area contributed by atoms with E-state index in [9.17, 15) is 23.1 Å². The summed E-state index contributed by atoms with van der Waals surface area (Å²) in [7, 11) is -3.44. The van der Waals surface area contributed by atoms with E-state index in [-0.39, 0.29) is 10.5 Å². The first-order chi connectivity index (χ1) is 10.7. The van der Waals surface area contributed by atoms with Crippen molar-refractivity contribution in [2.24, 2.45) is 0 Å². The molecule has 1 aromatic carbocycles. The number of amides is 1. The van der Waals surface area contributed by atoms with Gasteiger partial charge >= 0.3 is 5.97 Å². The summed E-state index contributed by atoms with van der Waals surface area (Å²) in [6, 6.07) is 4.38. The van der Waals surface area contributed by atoms with Gasteiger partial charge in [-0.2, -0.15) is 11.8 Å². The van der Waals surface area contributed by atoms with Crippen LogP contribution in [0.2, 0.25) is 0 Å². The molecule has 0 saturated carbocycles. The van der Waals surface area contributed by atoms with Gasteiger partial charge in [-0.15, -0.1) is 0 Å². The highest BCUT2D eigenvalue weighted by atomic mass is 32.2. The zero-order valence-corrected chi connectivity index (χ0v) is 14.6. The number of aliphatic carboxylic acids is 1. The lowest BCUT2D eigenvalue weighted by Gasteiger charge is -2.25. The summed E-state index contributed by atoms with van der Waals surface area (Å²) >= 11 is 1.47. The van der Waals surface area contributed by atoms with Gasteiger partial charge in [0.05, 0.1) is 4.90 Å². The molecule has 0 bridgehead atoms. The highest BCUT2D eigenvalue weighted by Crippen LogP contribution is 2.29. The number of benzene rings is 1. The van der Waals surface area contributed by atoms with Gasteiger partial charge in [0.2, 0.25) is 0 Å². The van der Waals surface area contributed by atoms with Crippen LogP contribution in [-0.4, -0.2) is 48.7 Å².